The molecule has 0 heterocycles. The van der Waals surface area contributed by atoms with Crippen LogP contribution in [-0.2, 0) is 0 Å². The largest absolute Gasteiger partial charge is 0.314 e. The molecule has 3 aliphatic rings. The summed E-state index contributed by atoms with van der Waals surface area (Å²) in [4.78, 5) is 0. The van der Waals surface area contributed by atoms with Crippen LogP contribution in [0, 0.1) is 23.7 Å². The monoisotopic (exact) mass is 291 g/mol. The molecule has 0 aromatic carbocycles. The van der Waals surface area contributed by atoms with Gasteiger partial charge in [-0.05, 0) is 75.2 Å². The zero-order valence-electron chi connectivity index (χ0n) is 14.3. The lowest BCUT2D eigenvalue weighted by Crippen LogP contribution is -2.33. The molecule has 1 N–H and O–H groups in total. The van der Waals surface area contributed by atoms with Crippen LogP contribution in [0.3, 0.4) is 0 Å². The Bertz CT molecular complexity index is 294. The molecule has 0 aromatic heterocycles. The lowest BCUT2D eigenvalue weighted by molar-refractivity contribution is 0.253. The maximum atomic E-state index is 3.90. The second-order valence-corrected chi connectivity index (χ2v) is 8.40. The predicted molar refractivity (Wildman–Crippen MR) is 91.4 cm³/mol. The van der Waals surface area contributed by atoms with Crippen LogP contribution < -0.4 is 5.32 Å². The quantitative estimate of drug-likeness (QED) is 0.619. The summed E-state index contributed by atoms with van der Waals surface area (Å²) >= 11 is 0. The molecule has 0 aromatic rings. The first-order chi connectivity index (χ1) is 10.3. The Morgan fingerprint density at radius 1 is 1.00 bits per heavy atom. The molecule has 1 heteroatoms. The third kappa shape index (κ3) is 4.47. The molecule has 122 valence electrons. The molecule has 1 nitrogen and oxygen atoms in total. The third-order valence-electron chi connectivity index (χ3n) is 6.80. The molecular formula is C20H37N. The Hall–Kier alpha value is -0.0400. The van der Waals surface area contributed by atoms with Gasteiger partial charge in [0.15, 0.2) is 0 Å². The van der Waals surface area contributed by atoms with Gasteiger partial charge in [-0.3, -0.25) is 0 Å². The zero-order valence-corrected chi connectivity index (χ0v) is 14.3. The normalized spacial score (nSPS) is 34.4. The zero-order chi connectivity index (χ0) is 14.5. The van der Waals surface area contributed by atoms with E-state index >= 15 is 0 Å². The van der Waals surface area contributed by atoms with Crippen LogP contribution in [0.15, 0.2) is 0 Å². The molecule has 21 heavy (non-hydrogen) atoms. The van der Waals surface area contributed by atoms with E-state index < -0.39 is 0 Å². The number of hydrogen-bond donors (Lipinski definition) is 1. The number of nitrogens with one attached hydrogen (secondary N) is 1. The van der Waals surface area contributed by atoms with Crippen LogP contribution in [0.4, 0.5) is 0 Å². The Kier molecular flexibility index (Phi) is 6.03. The highest BCUT2D eigenvalue weighted by Crippen LogP contribution is 2.50. The molecule has 2 bridgehead atoms. The van der Waals surface area contributed by atoms with Crippen molar-refractivity contribution >= 4 is 0 Å². The lowest BCUT2D eigenvalue weighted by atomic mass is 9.81. The summed E-state index contributed by atoms with van der Waals surface area (Å²) in [6, 6.07) is 0.830. The van der Waals surface area contributed by atoms with Gasteiger partial charge in [-0.25, -0.2) is 0 Å². The molecule has 4 unspecified atom stereocenters. The van der Waals surface area contributed by atoms with Crippen molar-refractivity contribution in [2.24, 2.45) is 23.7 Å². The van der Waals surface area contributed by atoms with E-state index in [-0.39, 0.29) is 0 Å². The van der Waals surface area contributed by atoms with Crippen molar-refractivity contribution in [3.8, 4) is 0 Å². The molecule has 3 rings (SSSR count). The minimum absolute atomic E-state index is 0.830. The van der Waals surface area contributed by atoms with Crippen molar-refractivity contribution in [3.63, 3.8) is 0 Å². The highest BCUT2D eigenvalue weighted by molar-refractivity contribution is 4.91. The SMILES string of the molecule is CCCNC(CCC1CCCCC1)CC1CC2CCC1C2. The molecule has 0 radical (unpaired) electrons. The number of fused-ring (bicyclic) bond motifs is 2. The summed E-state index contributed by atoms with van der Waals surface area (Å²) in [5, 5.41) is 3.90. The second kappa shape index (κ2) is 7.99. The summed E-state index contributed by atoms with van der Waals surface area (Å²) < 4.78 is 0. The van der Waals surface area contributed by atoms with E-state index in [2.05, 4.69) is 12.2 Å². The van der Waals surface area contributed by atoms with Gasteiger partial charge in [0.05, 0.1) is 0 Å². The van der Waals surface area contributed by atoms with Gasteiger partial charge in [-0.2, -0.15) is 0 Å². The first-order valence-corrected chi connectivity index (χ1v) is 10.1. The van der Waals surface area contributed by atoms with Gasteiger partial charge in [-0.1, -0.05) is 45.4 Å². The number of hydrogen-bond acceptors (Lipinski definition) is 1. The highest BCUT2D eigenvalue weighted by atomic mass is 14.9. The Morgan fingerprint density at radius 3 is 2.52 bits per heavy atom. The van der Waals surface area contributed by atoms with Crippen molar-refractivity contribution in [2.45, 2.75) is 96.4 Å². The van der Waals surface area contributed by atoms with Gasteiger partial charge in [-0.15, -0.1) is 0 Å². The smallest absolute Gasteiger partial charge is 0.00699 e. The summed E-state index contributed by atoms with van der Waals surface area (Å²) in [6.45, 7) is 3.54. The van der Waals surface area contributed by atoms with Gasteiger partial charge in [0.25, 0.3) is 0 Å². The summed E-state index contributed by atoms with van der Waals surface area (Å²) in [5.74, 6) is 4.36. The molecular weight excluding hydrogens is 254 g/mol. The van der Waals surface area contributed by atoms with E-state index in [0.717, 1.165) is 29.7 Å². The second-order valence-electron chi connectivity index (χ2n) is 8.40. The Balaban J connectivity index is 1.43. The first-order valence-electron chi connectivity index (χ1n) is 10.1. The van der Waals surface area contributed by atoms with Crippen LogP contribution in [0.5, 0.6) is 0 Å². The predicted octanol–water partition coefficient (Wildman–Crippen LogP) is 5.54. The van der Waals surface area contributed by atoms with Crippen LogP contribution in [0.1, 0.15) is 90.4 Å². The van der Waals surface area contributed by atoms with E-state index in [1.165, 1.54) is 64.3 Å². The average molecular weight is 292 g/mol. The highest BCUT2D eigenvalue weighted by Gasteiger charge is 2.39. The standard InChI is InChI=1S/C20H37N/c1-2-12-21-20(11-9-16-6-4-3-5-7-16)15-19-14-17-8-10-18(19)13-17/h16-21H,2-15H2,1H3. The van der Waals surface area contributed by atoms with Gasteiger partial charge in [0.2, 0.25) is 0 Å². The van der Waals surface area contributed by atoms with Crippen LogP contribution in [0.25, 0.3) is 0 Å². The fourth-order valence-corrected chi connectivity index (χ4v) is 5.59. The van der Waals surface area contributed by atoms with Gasteiger partial charge in [0, 0.05) is 6.04 Å². The molecule has 3 aliphatic carbocycles. The maximum absolute atomic E-state index is 3.90. The molecule has 3 fully saturated rings. The van der Waals surface area contributed by atoms with Crippen molar-refractivity contribution in [3.05, 3.63) is 0 Å². The summed E-state index contributed by atoms with van der Waals surface area (Å²) in [7, 11) is 0. The molecule has 0 aliphatic heterocycles. The molecule has 0 spiro atoms. The van der Waals surface area contributed by atoms with Crippen LogP contribution in [0.2, 0.25) is 0 Å². The average Bonchev–Trinajstić information content (AvgIpc) is 3.13. The molecule has 0 amide bonds. The van der Waals surface area contributed by atoms with E-state index in [1.54, 1.807) is 25.7 Å². The fourth-order valence-electron chi connectivity index (χ4n) is 5.59. The fraction of sp³-hybridized carbons (Fsp3) is 1.00. The van der Waals surface area contributed by atoms with Crippen LogP contribution >= 0.6 is 0 Å². The molecule has 3 saturated carbocycles. The van der Waals surface area contributed by atoms with Crippen molar-refractivity contribution in [1.82, 2.24) is 5.32 Å². The minimum Gasteiger partial charge on any atom is -0.314 e. The van der Waals surface area contributed by atoms with Gasteiger partial charge < -0.3 is 5.32 Å². The van der Waals surface area contributed by atoms with Gasteiger partial charge in [0.1, 0.15) is 0 Å². The van der Waals surface area contributed by atoms with E-state index in [4.69, 9.17) is 0 Å². The van der Waals surface area contributed by atoms with Gasteiger partial charge >= 0.3 is 0 Å². The first kappa shape index (κ1) is 15.8. The van der Waals surface area contributed by atoms with Crippen LogP contribution in [-0.4, -0.2) is 12.6 Å². The van der Waals surface area contributed by atoms with Crippen molar-refractivity contribution in [1.29, 1.82) is 0 Å². The Labute approximate surface area is 132 Å². The van der Waals surface area contributed by atoms with Crippen molar-refractivity contribution in [2.75, 3.05) is 6.54 Å². The van der Waals surface area contributed by atoms with E-state index in [1.807, 2.05) is 0 Å². The third-order valence-corrected chi connectivity index (χ3v) is 6.80. The summed E-state index contributed by atoms with van der Waals surface area (Å²) in [6.07, 6.45) is 19.5. The number of rotatable bonds is 8. The van der Waals surface area contributed by atoms with Crippen molar-refractivity contribution < 1.29 is 0 Å². The van der Waals surface area contributed by atoms with E-state index in [0.29, 0.717) is 0 Å². The minimum atomic E-state index is 0.830. The lowest BCUT2D eigenvalue weighted by Gasteiger charge is -2.29. The summed E-state index contributed by atoms with van der Waals surface area (Å²) in [5.41, 5.74) is 0. The molecule has 4 atom stereocenters. The maximum Gasteiger partial charge on any atom is 0.00699 e. The molecule has 0 saturated heterocycles. The van der Waals surface area contributed by atoms with E-state index in [9.17, 15) is 0 Å². The topological polar surface area (TPSA) is 12.0 Å². The Morgan fingerprint density at radius 2 is 1.86 bits per heavy atom.